The first-order valence-corrected chi connectivity index (χ1v) is 9.71. The van der Waals surface area contributed by atoms with E-state index in [2.05, 4.69) is 15.2 Å². The molecule has 3 heterocycles. The molecule has 1 N–H and O–H groups in total. The van der Waals surface area contributed by atoms with Gasteiger partial charge in [0.2, 0.25) is 0 Å². The fourth-order valence-corrected chi connectivity index (χ4v) is 3.65. The van der Waals surface area contributed by atoms with Gasteiger partial charge in [-0.05, 0) is 31.2 Å². The summed E-state index contributed by atoms with van der Waals surface area (Å²) >= 11 is 0. The van der Waals surface area contributed by atoms with Crippen molar-refractivity contribution in [3.8, 4) is 17.0 Å². The number of pyridine rings is 1. The van der Waals surface area contributed by atoms with E-state index in [0.29, 0.717) is 30.2 Å². The molecular formula is C21H23F3N4O. The predicted octanol–water partition coefficient (Wildman–Crippen LogP) is 3.82. The number of aromatic nitrogens is 2. The van der Waals surface area contributed by atoms with Crippen LogP contribution in [-0.2, 0) is 12.7 Å². The summed E-state index contributed by atoms with van der Waals surface area (Å²) in [5, 5.41) is 3.30. The zero-order valence-corrected chi connectivity index (χ0v) is 16.2. The van der Waals surface area contributed by atoms with Gasteiger partial charge in [-0.1, -0.05) is 12.1 Å². The molecule has 0 spiro atoms. The molecule has 0 bridgehead atoms. The first-order valence-electron chi connectivity index (χ1n) is 9.71. The Hall–Kier alpha value is -2.58. The van der Waals surface area contributed by atoms with Crippen LogP contribution in [-0.4, -0.2) is 47.1 Å². The van der Waals surface area contributed by atoms with E-state index in [4.69, 9.17) is 4.74 Å². The van der Waals surface area contributed by atoms with Crippen molar-refractivity contribution in [3.05, 3.63) is 53.9 Å². The molecule has 0 saturated carbocycles. The molecule has 8 heteroatoms. The first kappa shape index (κ1) is 19.7. The molecule has 3 aromatic rings. The van der Waals surface area contributed by atoms with E-state index in [1.165, 1.54) is 6.07 Å². The quantitative estimate of drug-likeness (QED) is 0.702. The first-order chi connectivity index (χ1) is 14.0. The monoisotopic (exact) mass is 404 g/mol. The lowest BCUT2D eigenvalue weighted by Crippen LogP contribution is -2.43. The van der Waals surface area contributed by atoms with E-state index >= 15 is 0 Å². The lowest BCUT2D eigenvalue weighted by molar-refractivity contribution is -0.137. The van der Waals surface area contributed by atoms with Crippen LogP contribution in [0.1, 0.15) is 18.2 Å². The number of nitrogens with one attached hydrogen (secondary N) is 1. The van der Waals surface area contributed by atoms with Crippen molar-refractivity contribution in [1.82, 2.24) is 19.6 Å². The Balaban J connectivity index is 1.87. The van der Waals surface area contributed by atoms with Crippen molar-refractivity contribution in [2.75, 3.05) is 32.8 Å². The molecule has 1 aromatic carbocycles. The molecular weight excluding hydrogens is 381 g/mol. The van der Waals surface area contributed by atoms with Crippen molar-refractivity contribution in [2.45, 2.75) is 19.6 Å². The fraction of sp³-hybridized carbons (Fsp3) is 0.381. The van der Waals surface area contributed by atoms with Gasteiger partial charge < -0.3 is 14.5 Å². The van der Waals surface area contributed by atoms with Crippen molar-refractivity contribution in [2.24, 2.45) is 0 Å². The van der Waals surface area contributed by atoms with Crippen LogP contribution >= 0.6 is 0 Å². The molecule has 0 radical (unpaired) electrons. The Kier molecular flexibility index (Phi) is 5.47. The van der Waals surface area contributed by atoms with Gasteiger partial charge in [0.1, 0.15) is 11.4 Å². The van der Waals surface area contributed by atoms with Crippen LogP contribution in [0.25, 0.3) is 16.9 Å². The SMILES string of the molecule is CCOc1ccccc1-c1nc2ccc(C(F)(F)F)cn2c1CN1CCNCC1. The average Bonchev–Trinajstić information content (AvgIpc) is 3.06. The lowest BCUT2D eigenvalue weighted by Gasteiger charge is -2.27. The zero-order valence-electron chi connectivity index (χ0n) is 16.2. The van der Waals surface area contributed by atoms with Crippen LogP contribution in [0.2, 0.25) is 0 Å². The fourth-order valence-electron chi connectivity index (χ4n) is 3.65. The Bertz CT molecular complexity index is 993. The molecule has 154 valence electrons. The summed E-state index contributed by atoms with van der Waals surface area (Å²) in [5.74, 6) is 0.677. The van der Waals surface area contributed by atoms with E-state index in [1.807, 2.05) is 31.2 Å². The number of imidazole rings is 1. The topological polar surface area (TPSA) is 41.8 Å². The largest absolute Gasteiger partial charge is 0.493 e. The lowest BCUT2D eigenvalue weighted by atomic mass is 10.1. The normalized spacial score (nSPS) is 15.7. The van der Waals surface area contributed by atoms with Gasteiger partial charge in [-0.25, -0.2) is 4.98 Å². The number of benzene rings is 1. The maximum Gasteiger partial charge on any atom is 0.417 e. The van der Waals surface area contributed by atoms with Crippen LogP contribution in [0, 0.1) is 0 Å². The van der Waals surface area contributed by atoms with Crippen molar-refractivity contribution >= 4 is 5.65 Å². The molecule has 0 unspecified atom stereocenters. The summed E-state index contributed by atoms with van der Waals surface area (Å²) in [7, 11) is 0. The van der Waals surface area contributed by atoms with Crippen LogP contribution in [0.4, 0.5) is 13.2 Å². The van der Waals surface area contributed by atoms with E-state index in [-0.39, 0.29) is 0 Å². The van der Waals surface area contributed by atoms with Gasteiger partial charge in [-0.2, -0.15) is 13.2 Å². The minimum Gasteiger partial charge on any atom is -0.493 e. The van der Waals surface area contributed by atoms with Crippen LogP contribution in [0.3, 0.4) is 0 Å². The molecule has 2 aromatic heterocycles. The highest BCUT2D eigenvalue weighted by molar-refractivity contribution is 5.72. The number of ether oxygens (including phenoxy) is 1. The third-order valence-electron chi connectivity index (χ3n) is 5.07. The Morgan fingerprint density at radius 3 is 2.59 bits per heavy atom. The summed E-state index contributed by atoms with van der Waals surface area (Å²) in [6.45, 7) is 6.29. The van der Waals surface area contributed by atoms with Crippen LogP contribution in [0.15, 0.2) is 42.6 Å². The molecule has 29 heavy (non-hydrogen) atoms. The van der Waals surface area contributed by atoms with Gasteiger partial charge in [0.05, 0.1) is 23.6 Å². The van der Waals surface area contributed by atoms with Crippen LogP contribution < -0.4 is 10.1 Å². The minimum absolute atomic E-state index is 0.490. The second kappa shape index (κ2) is 8.04. The number of fused-ring (bicyclic) bond motifs is 1. The van der Waals surface area contributed by atoms with Crippen molar-refractivity contribution < 1.29 is 17.9 Å². The Labute approximate surface area is 167 Å². The van der Waals surface area contributed by atoms with Gasteiger partial charge >= 0.3 is 6.18 Å². The molecule has 1 saturated heterocycles. The van der Waals surface area contributed by atoms with Gasteiger partial charge in [-0.15, -0.1) is 0 Å². The van der Waals surface area contributed by atoms with Gasteiger partial charge in [0.15, 0.2) is 0 Å². The third kappa shape index (κ3) is 4.09. The number of para-hydroxylation sites is 1. The van der Waals surface area contributed by atoms with Crippen molar-refractivity contribution in [3.63, 3.8) is 0 Å². The summed E-state index contributed by atoms with van der Waals surface area (Å²) in [4.78, 5) is 6.92. The maximum absolute atomic E-state index is 13.3. The molecule has 4 rings (SSSR count). The smallest absolute Gasteiger partial charge is 0.417 e. The third-order valence-corrected chi connectivity index (χ3v) is 5.07. The standard InChI is InChI=1S/C21H23F3N4O/c1-2-29-18-6-4-3-5-16(18)20-17(14-27-11-9-25-10-12-27)28-13-15(21(22,23)24)7-8-19(28)26-20/h3-8,13,25H,2,9-12,14H2,1H3. The number of rotatable bonds is 5. The number of hydrogen-bond donors (Lipinski definition) is 1. The molecule has 0 aliphatic carbocycles. The Morgan fingerprint density at radius 1 is 1.10 bits per heavy atom. The number of piperazine rings is 1. The molecule has 1 aliphatic heterocycles. The molecule has 0 amide bonds. The predicted molar refractivity (Wildman–Crippen MR) is 105 cm³/mol. The van der Waals surface area contributed by atoms with E-state index < -0.39 is 11.7 Å². The average molecular weight is 404 g/mol. The highest BCUT2D eigenvalue weighted by Crippen LogP contribution is 2.35. The highest BCUT2D eigenvalue weighted by atomic mass is 19.4. The van der Waals surface area contributed by atoms with Crippen LogP contribution in [0.5, 0.6) is 5.75 Å². The second-order valence-electron chi connectivity index (χ2n) is 7.01. The van der Waals surface area contributed by atoms with E-state index in [1.54, 1.807) is 4.40 Å². The van der Waals surface area contributed by atoms with Gasteiger partial charge in [0, 0.05) is 44.5 Å². The molecule has 1 aliphatic rings. The Morgan fingerprint density at radius 2 is 1.86 bits per heavy atom. The maximum atomic E-state index is 13.3. The van der Waals surface area contributed by atoms with Gasteiger partial charge in [-0.3, -0.25) is 4.90 Å². The zero-order chi connectivity index (χ0) is 20.4. The summed E-state index contributed by atoms with van der Waals surface area (Å²) < 4.78 is 47.3. The molecule has 0 atom stereocenters. The minimum atomic E-state index is -4.41. The number of alkyl halides is 3. The number of halogens is 3. The summed E-state index contributed by atoms with van der Waals surface area (Å²) in [6, 6.07) is 10.0. The second-order valence-corrected chi connectivity index (χ2v) is 7.01. The molecule has 5 nitrogen and oxygen atoms in total. The molecule has 1 fully saturated rings. The number of nitrogens with zero attached hydrogens (tertiary/aromatic N) is 3. The van der Waals surface area contributed by atoms with E-state index in [9.17, 15) is 13.2 Å². The summed E-state index contributed by atoms with van der Waals surface area (Å²) in [6.07, 6.45) is -3.26. The summed E-state index contributed by atoms with van der Waals surface area (Å²) in [5.41, 5.74) is 1.99. The van der Waals surface area contributed by atoms with Crippen molar-refractivity contribution in [1.29, 1.82) is 0 Å². The number of hydrogen-bond acceptors (Lipinski definition) is 4. The van der Waals surface area contributed by atoms with E-state index in [0.717, 1.165) is 49.7 Å². The highest BCUT2D eigenvalue weighted by Gasteiger charge is 2.31. The van der Waals surface area contributed by atoms with Gasteiger partial charge in [0.25, 0.3) is 0 Å².